The lowest BCUT2D eigenvalue weighted by Crippen LogP contribution is -2.57. The van der Waals surface area contributed by atoms with E-state index in [9.17, 15) is 9.59 Å². The molecule has 0 aromatic heterocycles. The number of hydrogen-bond donors (Lipinski definition) is 1. The maximum atomic E-state index is 12.5. The maximum Gasteiger partial charge on any atom is 0.294 e. The van der Waals surface area contributed by atoms with E-state index in [0.717, 1.165) is 11.1 Å². The molecule has 0 bridgehead atoms. The van der Waals surface area contributed by atoms with Crippen LogP contribution in [0, 0.1) is 0 Å². The van der Waals surface area contributed by atoms with E-state index in [4.69, 9.17) is 4.74 Å². The van der Waals surface area contributed by atoms with Gasteiger partial charge in [0.05, 0.1) is 6.04 Å². The zero-order chi connectivity index (χ0) is 16.8. The number of piperazine rings is 1. The molecule has 2 atom stereocenters. The number of benzene rings is 2. The molecule has 1 fully saturated rings. The predicted octanol–water partition coefficient (Wildman–Crippen LogP) is 1.90. The van der Waals surface area contributed by atoms with E-state index in [0.29, 0.717) is 26.0 Å². The molecule has 124 valence electrons. The molecule has 3 rings (SSSR count). The second-order valence-electron chi connectivity index (χ2n) is 5.73. The lowest BCUT2D eigenvalue weighted by molar-refractivity contribution is -0.155. The number of carbonyl (C=O) groups excluding carboxylic acids is 2. The fraction of sp³-hybridized carbons (Fsp3) is 0.263. The topological polar surface area (TPSA) is 58.6 Å². The Hall–Kier alpha value is -2.66. The average molecular weight is 324 g/mol. The van der Waals surface area contributed by atoms with E-state index in [-0.39, 0.29) is 11.9 Å². The number of rotatable bonds is 6. The fourth-order valence-electron chi connectivity index (χ4n) is 3.08. The highest BCUT2D eigenvalue weighted by molar-refractivity contribution is 5.82. The van der Waals surface area contributed by atoms with E-state index in [1.807, 2.05) is 65.6 Å². The second kappa shape index (κ2) is 7.75. The van der Waals surface area contributed by atoms with Gasteiger partial charge in [-0.3, -0.25) is 14.5 Å². The van der Waals surface area contributed by atoms with Gasteiger partial charge in [-0.05, 0) is 12.0 Å². The van der Waals surface area contributed by atoms with Crippen LogP contribution in [0.3, 0.4) is 0 Å². The molecule has 0 spiro atoms. The van der Waals surface area contributed by atoms with Crippen molar-refractivity contribution < 1.29 is 14.3 Å². The normalized spacial score (nSPS) is 19.3. The van der Waals surface area contributed by atoms with Gasteiger partial charge in [0.1, 0.15) is 0 Å². The van der Waals surface area contributed by atoms with Crippen molar-refractivity contribution in [2.24, 2.45) is 0 Å². The Kier molecular flexibility index (Phi) is 5.23. The molecule has 1 N–H and O–H groups in total. The van der Waals surface area contributed by atoms with E-state index in [1.165, 1.54) is 0 Å². The van der Waals surface area contributed by atoms with Crippen LogP contribution in [0.5, 0.6) is 0 Å². The van der Waals surface area contributed by atoms with Crippen molar-refractivity contribution in [1.82, 2.24) is 10.2 Å². The molecule has 1 aliphatic heterocycles. The van der Waals surface area contributed by atoms with Crippen LogP contribution in [0.15, 0.2) is 60.7 Å². The van der Waals surface area contributed by atoms with Gasteiger partial charge in [0.15, 0.2) is 6.23 Å². The first-order valence-electron chi connectivity index (χ1n) is 8.01. The number of nitrogens with zero attached hydrogens (tertiary/aromatic N) is 1. The SMILES string of the molecule is O=COC(c1ccccc1)N1CCNC(=O)C1Cc1ccccc1. The highest BCUT2D eigenvalue weighted by Crippen LogP contribution is 2.26. The number of ether oxygens (including phenoxy) is 1. The minimum absolute atomic E-state index is 0.0412. The van der Waals surface area contributed by atoms with Crippen LogP contribution in [0.25, 0.3) is 0 Å². The van der Waals surface area contributed by atoms with Crippen LogP contribution < -0.4 is 5.32 Å². The van der Waals surface area contributed by atoms with Gasteiger partial charge in [0.25, 0.3) is 6.47 Å². The fourth-order valence-corrected chi connectivity index (χ4v) is 3.08. The minimum atomic E-state index is -0.566. The summed E-state index contributed by atoms with van der Waals surface area (Å²) in [6.07, 6.45) is 0.00144. The molecule has 1 amide bonds. The Morgan fingerprint density at radius 1 is 1.12 bits per heavy atom. The maximum absolute atomic E-state index is 12.5. The summed E-state index contributed by atoms with van der Waals surface area (Å²) in [7, 11) is 0. The molecule has 1 heterocycles. The molecular weight excluding hydrogens is 304 g/mol. The van der Waals surface area contributed by atoms with Crippen LogP contribution in [0.2, 0.25) is 0 Å². The molecule has 5 nitrogen and oxygen atoms in total. The molecule has 0 aliphatic carbocycles. The van der Waals surface area contributed by atoms with Crippen LogP contribution in [-0.4, -0.2) is 36.4 Å². The van der Waals surface area contributed by atoms with Crippen LogP contribution in [0.1, 0.15) is 17.4 Å². The number of amides is 1. The summed E-state index contributed by atoms with van der Waals surface area (Å²) in [5.74, 6) is -0.0412. The summed E-state index contributed by atoms with van der Waals surface area (Å²) in [6, 6.07) is 19.0. The lowest BCUT2D eigenvalue weighted by Gasteiger charge is -2.39. The highest BCUT2D eigenvalue weighted by atomic mass is 16.5. The second-order valence-corrected chi connectivity index (χ2v) is 5.73. The number of hydrogen-bond acceptors (Lipinski definition) is 4. The van der Waals surface area contributed by atoms with E-state index < -0.39 is 6.23 Å². The largest absolute Gasteiger partial charge is 0.444 e. The van der Waals surface area contributed by atoms with Crippen LogP contribution in [0.4, 0.5) is 0 Å². The first kappa shape index (κ1) is 16.2. The Labute approximate surface area is 141 Å². The van der Waals surface area contributed by atoms with Crippen LogP contribution >= 0.6 is 0 Å². The third kappa shape index (κ3) is 3.63. The highest BCUT2D eigenvalue weighted by Gasteiger charge is 2.36. The quantitative estimate of drug-likeness (QED) is 0.825. The zero-order valence-corrected chi connectivity index (χ0v) is 13.3. The summed E-state index contributed by atoms with van der Waals surface area (Å²) in [5.41, 5.74) is 1.93. The Bertz CT molecular complexity index is 676. The molecule has 2 aromatic rings. The van der Waals surface area contributed by atoms with E-state index >= 15 is 0 Å². The molecule has 2 unspecified atom stereocenters. The predicted molar refractivity (Wildman–Crippen MR) is 90.0 cm³/mol. The molecule has 2 aromatic carbocycles. The van der Waals surface area contributed by atoms with Crippen molar-refractivity contribution in [2.75, 3.05) is 13.1 Å². The average Bonchev–Trinajstić information content (AvgIpc) is 2.63. The Balaban J connectivity index is 1.88. The zero-order valence-electron chi connectivity index (χ0n) is 13.3. The molecule has 0 saturated carbocycles. The van der Waals surface area contributed by atoms with Crippen molar-refractivity contribution in [3.63, 3.8) is 0 Å². The smallest absolute Gasteiger partial charge is 0.294 e. The summed E-state index contributed by atoms with van der Waals surface area (Å²) >= 11 is 0. The summed E-state index contributed by atoms with van der Waals surface area (Å²) in [4.78, 5) is 25.4. The monoisotopic (exact) mass is 324 g/mol. The van der Waals surface area contributed by atoms with Crippen molar-refractivity contribution >= 4 is 12.4 Å². The summed E-state index contributed by atoms with van der Waals surface area (Å²) in [5, 5.41) is 2.91. The Morgan fingerprint density at radius 3 is 2.46 bits per heavy atom. The molecule has 1 saturated heterocycles. The first-order chi connectivity index (χ1) is 11.8. The van der Waals surface area contributed by atoms with E-state index in [2.05, 4.69) is 5.32 Å². The molecular formula is C19H20N2O3. The third-order valence-corrected chi connectivity index (χ3v) is 4.21. The van der Waals surface area contributed by atoms with Gasteiger partial charge in [-0.1, -0.05) is 60.7 Å². The van der Waals surface area contributed by atoms with Crippen molar-refractivity contribution in [1.29, 1.82) is 0 Å². The van der Waals surface area contributed by atoms with Gasteiger partial charge in [-0.2, -0.15) is 0 Å². The molecule has 1 aliphatic rings. The van der Waals surface area contributed by atoms with Gasteiger partial charge in [0.2, 0.25) is 5.91 Å². The van der Waals surface area contributed by atoms with E-state index in [1.54, 1.807) is 0 Å². The van der Waals surface area contributed by atoms with Gasteiger partial charge < -0.3 is 10.1 Å². The van der Waals surface area contributed by atoms with Crippen molar-refractivity contribution in [2.45, 2.75) is 18.7 Å². The van der Waals surface area contributed by atoms with Gasteiger partial charge >= 0.3 is 0 Å². The van der Waals surface area contributed by atoms with Gasteiger partial charge in [0, 0.05) is 18.7 Å². The molecule has 5 heteroatoms. The van der Waals surface area contributed by atoms with Gasteiger partial charge in [-0.15, -0.1) is 0 Å². The molecule has 0 radical (unpaired) electrons. The summed E-state index contributed by atoms with van der Waals surface area (Å²) in [6.45, 7) is 1.61. The third-order valence-electron chi connectivity index (χ3n) is 4.21. The molecule has 24 heavy (non-hydrogen) atoms. The van der Waals surface area contributed by atoms with Crippen LogP contribution in [-0.2, 0) is 20.7 Å². The van der Waals surface area contributed by atoms with Crippen molar-refractivity contribution in [3.8, 4) is 0 Å². The minimum Gasteiger partial charge on any atom is -0.444 e. The lowest BCUT2D eigenvalue weighted by atomic mass is 10.0. The summed E-state index contributed by atoms with van der Waals surface area (Å²) < 4.78 is 5.35. The first-order valence-corrected chi connectivity index (χ1v) is 8.01. The standard InChI is InChI=1S/C19H20N2O3/c22-14-24-19(16-9-5-2-6-10-16)21-12-11-20-18(23)17(21)13-15-7-3-1-4-8-15/h1-10,14,17,19H,11-13H2,(H,20,23). The van der Waals surface area contributed by atoms with Crippen molar-refractivity contribution in [3.05, 3.63) is 71.8 Å². The Morgan fingerprint density at radius 2 is 1.79 bits per heavy atom. The number of nitrogens with one attached hydrogen (secondary N) is 1. The van der Waals surface area contributed by atoms with Gasteiger partial charge in [-0.25, -0.2) is 0 Å². The number of carbonyl (C=O) groups is 2.